The van der Waals surface area contributed by atoms with Gasteiger partial charge in [-0.3, -0.25) is 0 Å². The van der Waals surface area contributed by atoms with E-state index in [0.717, 1.165) is 12.1 Å². The van der Waals surface area contributed by atoms with Crippen LogP contribution in [0.1, 0.15) is 25.8 Å². The number of alkyl halides is 3. The number of hydrogen-bond donors (Lipinski definition) is 1. The molecular weight excluding hydrogens is 433 g/mol. The standard InChI is InChI=1S/C22H26ClF3N2O3/c1-16(23)27-12-8-6-5-7-9-18(14-21(2,15-29)31-4)28-19-13-17(22(24,25)26)10-11-20(19)30-3/h5-13,15,18,28H,14H2,1-4H3/b6-5-,9-7+,12-8+,27-16?. The van der Waals surface area contributed by atoms with E-state index in [-0.39, 0.29) is 17.9 Å². The number of carbonyl (C=O) groups is 1. The van der Waals surface area contributed by atoms with Gasteiger partial charge in [0.05, 0.1) is 18.4 Å². The van der Waals surface area contributed by atoms with Gasteiger partial charge in [0.1, 0.15) is 16.5 Å². The fourth-order valence-corrected chi connectivity index (χ4v) is 2.56. The summed E-state index contributed by atoms with van der Waals surface area (Å²) in [4.78, 5) is 15.3. The zero-order valence-corrected chi connectivity index (χ0v) is 18.5. The van der Waals surface area contributed by atoms with Crippen molar-refractivity contribution >= 4 is 28.7 Å². The number of halogens is 4. The van der Waals surface area contributed by atoms with Gasteiger partial charge in [0.25, 0.3) is 0 Å². The number of benzene rings is 1. The predicted molar refractivity (Wildman–Crippen MR) is 118 cm³/mol. The Morgan fingerprint density at radius 1 is 1.23 bits per heavy atom. The van der Waals surface area contributed by atoms with Crippen molar-refractivity contribution in [3.05, 3.63) is 60.3 Å². The minimum absolute atomic E-state index is 0.145. The van der Waals surface area contributed by atoms with Crippen LogP contribution in [0.25, 0.3) is 0 Å². The summed E-state index contributed by atoms with van der Waals surface area (Å²) >= 11 is 5.62. The van der Waals surface area contributed by atoms with Crippen LogP contribution in [-0.2, 0) is 15.7 Å². The van der Waals surface area contributed by atoms with Crippen LogP contribution in [0.15, 0.2) is 59.8 Å². The summed E-state index contributed by atoms with van der Waals surface area (Å²) in [5, 5.41) is 3.41. The number of aliphatic imine (C=N–C) groups is 1. The van der Waals surface area contributed by atoms with Gasteiger partial charge < -0.3 is 19.6 Å². The first-order valence-electron chi connectivity index (χ1n) is 9.28. The van der Waals surface area contributed by atoms with Crippen molar-refractivity contribution in [2.75, 3.05) is 19.5 Å². The summed E-state index contributed by atoms with van der Waals surface area (Å²) in [5.41, 5.74) is -1.80. The number of methoxy groups -OCH3 is 2. The van der Waals surface area contributed by atoms with Crippen LogP contribution < -0.4 is 10.1 Å². The number of ether oxygens (including phenoxy) is 2. The van der Waals surface area contributed by atoms with E-state index >= 15 is 0 Å². The van der Waals surface area contributed by atoms with Crippen LogP contribution in [0.2, 0.25) is 0 Å². The lowest BCUT2D eigenvalue weighted by molar-refractivity contribution is -0.137. The molecule has 0 aliphatic carbocycles. The lowest BCUT2D eigenvalue weighted by Gasteiger charge is -2.27. The van der Waals surface area contributed by atoms with E-state index in [1.807, 2.05) is 0 Å². The molecular formula is C22H26ClF3N2O3. The number of aldehydes is 1. The Hall–Kier alpha value is -2.58. The second-order valence-electron chi connectivity index (χ2n) is 6.74. The molecule has 1 aromatic rings. The molecule has 0 radical (unpaired) electrons. The number of nitrogens with one attached hydrogen (secondary N) is 1. The average molecular weight is 459 g/mol. The molecule has 5 nitrogen and oxygen atoms in total. The fraction of sp³-hybridized carbons (Fsp3) is 0.364. The van der Waals surface area contributed by atoms with Gasteiger partial charge >= 0.3 is 6.18 Å². The third-order valence-electron chi connectivity index (χ3n) is 4.22. The molecule has 170 valence electrons. The molecule has 0 saturated carbocycles. The van der Waals surface area contributed by atoms with E-state index in [4.69, 9.17) is 21.1 Å². The van der Waals surface area contributed by atoms with Gasteiger partial charge in [-0.1, -0.05) is 35.9 Å². The third kappa shape index (κ3) is 9.40. The van der Waals surface area contributed by atoms with Crippen molar-refractivity contribution in [3.8, 4) is 5.75 Å². The Kier molecular flexibility index (Phi) is 10.5. The highest BCUT2D eigenvalue weighted by atomic mass is 35.5. The van der Waals surface area contributed by atoms with Gasteiger partial charge in [-0.25, -0.2) is 4.99 Å². The molecule has 0 aliphatic heterocycles. The van der Waals surface area contributed by atoms with Crippen LogP contribution in [0, 0.1) is 0 Å². The normalized spacial score (nSPS) is 16.1. The molecule has 0 fully saturated rings. The Balaban J connectivity index is 3.16. The molecule has 31 heavy (non-hydrogen) atoms. The maximum Gasteiger partial charge on any atom is 0.416 e. The quantitative estimate of drug-likeness (QED) is 0.260. The van der Waals surface area contributed by atoms with E-state index in [1.54, 1.807) is 44.2 Å². The minimum Gasteiger partial charge on any atom is -0.495 e. The fourth-order valence-electron chi connectivity index (χ4n) is 2.50. The van der Waals surface area contributed by atoms with Crippen LogP contribution in [0.3, 0.4) is 0 Å². The Morgan fingerprint density at radius 3 is 2.45 bits per heavy atom. The maximum atomic E-state index is 13.1. The molecule has 0 bridgehead atoms. The molecule has 0 spiro atoms. The lowest BCUT2D eigenvalue weighted by atomic mass is 9.97. The van der Waals surface area contributed by atoms with Crippen molar-refractivity contribution < 1.29 is 27.4 Å². The summed E-state index contributed by atoms with van der Waals surface area (Å²) in [5.74, 6) is 0.240. The number of nitrogens with zero attached hydrogens (tertiary/aromatic N) is 1. The second-order valence-corrected chi connectivity index (χ2v) is 7.29. The predicted octanol–water partition coefficient (Wildman–Crippen LogP) is 5.77. The summed E-state index contributed by atoms with van der Waals surface area (Å²) in [6, 6.07) is 2.62. The van der Waals surface area contributed by atoms with E-state index in [1.165, 1.54) is 26.5 Å². The SMILES string of the molecule is COc1ccc(C(F)(F)F)cc1NC(/C=C/C=C\C=C\N=C(C)Cl)CC(C)(C=O)OC. The summed E-state index contributed by atoms with van der Waals surface area (Å²) in [6.45, 7) is 3.24. The van der Waals surface area contributed by atoms with E-state index in [0.29, 0.717) is 11.5 Å². The van der Waals surface area contributed by atoms with Crippen molar-refractivity contribution in [2.24, 2.45) is 4.99 Å². The molecule has 1 rings (SSSR count). The van der Waals surface area contributed by atoms with Crippen molar-refractivity contribution in [3.63, 3.8) is 0 Å². The second kappa shape index (κ2) is 12.3. The molecule has 2 unspecified atom stereocenters. The Labute approximate surface area is 185 Å². The highest BCUT2D eigenvalue weighted by molar-refractivity contribution is 6.64. The van der Waals surface area contributed by atoms with E-state index in [2.05, 4.69) is 10.3 Å². The highest BCUT2D eigenvalue weighted by Gasteiger charge is 2.32. The third-order valence-corrected chi connectivity index (χ3v) is 4.32. The topological polar surface area (TPSA) is 59.9 Å². The summed E-state index contributed by atoms with van der Waals surface area (Å²) in [6.07, 6.45) is 6.32. The zero-order valence-electron chi connectivity index (χ0n) is 17.7. The highest BCUT2D eigenvalue weighted by Crippen LogP contribution is 2.35. The number of carbonyl (C=O) groups excluding carboxylic acids is 1. The van der Waals surface area contributed by atoms with Gasteiger partial charge in [-0.2, -0.15) is 13.2 Å². The summed E-state index contributed by atoms with van der Waals surface area (Å²) in [7, 11) is 2.76. The monoisotopic (exact) mass is 458 g/mol. The first-order valence-corrected chi connectivity index (χ1v) is 9.65. The van der Waals surface area contributed by atoms with Crippen LogP contribution in [0.5, 0.6) is 5.75 Å². The van der Waals surface area contributed by atoms with Crippen molar-refractivity contribution in [2.45, 2.75) is 38.1 Å². The lowest BCUT2D eigenvalue weighted by Crippen LogP contribution is -2.36. The molecule has 0 saturated heterocycles. The molecule has 0 aliphatic rings. The number of allylic oxidation sites excluding steroid dienone is 4. The number of hydrogen-bond acceptors (Lipinski definition) is 5. The van der Waals surface area contributed by atoms with Gasteiger partial charge in [0.2, 0.25) is 0 Å². The number of anilines is 1. The molecule has 0 heterocycles. The van der Waals surface area contributed by atoms with E-state index < -0.39 is 23.4 Å². The van der Waals surface area contributed by atoms with Crippen LogP contribution >= 0.6 is 11.6 Å². The first kappa shape index (κ1) is 26.5. The minimum atomic E-state index is -4.50. The van der Waals surface area contributed by atoms with Crippen LogP contribution in [-0.4, -0.2) is 37.3 Å². The van der Waals surface area contributed by atoms with E-state index in [9.17, 15) is 18.0 Å². The van der Waals surface area contributed by atoms with Crippen molar-refractivity contribution in [1.29, 1.82) is 0 Å². The van der Waals surface area contributed by atoms with Crippen molar-refractivity contribution in [1.82, 2.24) is 0 Å². The molecule has 0 amide bonds. The van der Waals surface area contributed by atoms with Crippen LogP contribution in [0.4, 0.5) is 18.9 Å². The molecule has 9 heteroatoms. The Bertz CT molecular complexity index is 847. The molecule has 0 aromatic heterocycles. The smallest absolute Gasteiger partial charge is 0.416 e. The molecule has 1 aromatic carbocycles. The molecule has 2 atom stereocenters. The van der Waals surface area contributed by atoms with Gasteiger partial charge in [-0.05, 0) is 38.1 Å². The largest absolute Gasteiger partial charge is 0.495 e. The summed E-state index contributed by atoms with van der Waals surface area (Å²) < 4.78 is 49.9. The maximum absolute atomic E-state index is 13.1. The molecule has 1 N–H and O–H groups in total. The Morgan fingerprint density at radius 2 is 1.90 bits per heavy atom. The zero-order chi connectivity index (χ0) is 23.5. The van der Waals surface area contributed by atoms with Gasteiger partial charge in [0.15, 0.2) is 6.29 Å². The van der Waals surface area contributed by atoms with Gasteiger partial charge in [0, 0.05) is 25.8 Å². The first-order chi connectivity index (χ1) is 14.5. The van der Waals surface area contributed by atoms with Gasteiger partial charge in [-0.15, -0.1) is 0 Å². The average Bonchev–Trinajstić information content (AvgIpc) is 2.71. The number of rotatable bonds is 11.